The predicted octanol–water partition coefficient (Wildman–Crippen LogP) is 4.83. The fourth-order valence-electron chi connectivity index (χ4n) is 2.13. The van der Waals surface area contributed by atoms with Gasteiger partial charge >= 0.3 is 6.18 Å². The highest BCUT2D eigenvalue weighted by Gasteiger charge is 2.30. The zero-order valence-corrected chi connectivity index (χ0v) is 12.5. The summed E-state index contributed by atoms with van der Waals surface area (Å²) in [7, 11) is 0. The van der Waals surface area contributed by atoms with Crippen LogP contribution < -0.4 is 4.74 Å². The molecule has 7 heteroatoms. The lowest BCUT2D eigenvalue weighted by Gasteiger charge is -2.21. The fourth-order valence-corrected chi connectivity index (χ4v) is 2.13. The number of alkyl halides is 3. The highest BCUT2D eigenvalue weighted by Crippen LogP contribution is 2.32. The summed E-state index contributed by atoms with van der Waals surface area (Å²) in [4.78, 5) is 10.8. The topological polar surface area (TPSA) is 41.9 Å². The van der Waals surface area contributed by atoms with Crippen LogP contribution in [-0.4, -0.2) is 18.5 Å². The molecule has 0 heterocycles. The van der Waals surface area contributed by atoms with Gasteiger partial charge in [-0.1, -0.05) is 30.3 Å². The van der Waals surface area contributed by atoms with Crippen molar-refractivity contribution >= 4 is 0 Å². The van der Waals surface area contributed by atoms with Crippen molar-refractivity contribution < 1.29 is 22.0 Å². The molecule has 1 unspecified atom stereocenters. The fraction of sp³-hybridized carbons (Fsp3) is 0.294. The van der Waals surface area contributed by atoms with E-state index < -0.39 is 24.8 Å². The first-order chi connectivity index (χ1) is 12.6. The molecule has 0 aliphatic heterocycles. The largest absolute Gasteiger partial charge is 0.486 e. The second kappa shape index (κ2) is 7.81. The molecule has 0 bridgehead atoms. The standard InChI is InChI=1S/C17H17F3N2O2/c1-22(21-23)12-11-16(13-5-3-2-4-6-13)24-15-9-7-14(8-10-15)17(18,19)20/h2-10,16H,11-12H2,1H3/i1D3. The summed E-state index contributed by atoms with van der Waals surface area (Å²) in [6.07, 6.45) is -5.03. The van der Waals surface area contributed by atoms with E-state index in [1.807, 2.05) is 0 Å². The maximum Gasteiger partial charge on any atom is 0.416 e. The Balaban J connectivity index is 2.17. The molecule has 4 nitrogen and oxygen atoms in total. The zero-order valence-electron chi connectivity index (χ0n) is 15.5. The Labute approximate surface area is 142 Å². The molecule has 0 N–H and O–H groups in total. The number of nitroso groups, excluding NO2 is 1. The number of hydrogen-bond donors (Lipinski definition) is 0. The van der Waals surface area contributed by atoms with Crippen molar-refractivity contribution in [1.29, 1.82) is 0 Å². The summed E-state index contributed by atoms with van der Waals surface area (Å²) in [6.45, 7) is -2.89. The lowest BCUT2D eigenvalue weighted by Crippen LogP contribution is -2.18. The first-order valence-corrected chi connectivity index (χ1v) is 7.11. The van der Waals surface area contributed by atoms with Gasteiger partial charge in [0.15, 0.2) is 0 Å². The Bertz CT molecular complexity index is 738. The maximum atomic E-state index is 12.7. The first kappa shape index (κ1) is 13.8. The van der Waals surface area contributed by atoms with E-state index in [9.17, 15) is 18.1 Å². The van der Waals surface area contributed by atoms with Crippen LogP contribution in [0.5, 0.6) is 5.75 Å². The van der Waals surface area contributed by atoms with E-state index in [1.54, 1.807) is 30.3 Å². The van der Waals surface area contributed by atoms with Gasteiger partial charge in [-0.2, -0.15) is 13.2 Å². The van der Waals surface area contributed by atoms with Gasteiger partial charge in [0.25, 0.3) is 0 Å². The summed E-state index contributed by atoms with van der Waals surface area (Å²) in [6, 6.07) is 12.9. The van der Waals surface area contributed by atoms with Gasteiger partial charge < -0.3 is 4.74 Å². The number of benzene rings is 2. The van der Waals surface area contributed by atoms with Crippen molar-refractivity contribution in [3.63, 3.8) is 0 Å². The molecule has 2 aromatic rings. The molecule has 0 aliphatic carbocycles. The van der Waals surface area contributed by atoms with Crippen LogP contribution in [0.3, 0.4) is 0 Å². The van der Waals surface area contributed by atoms with Crippen LogP contribution in [0, 0.1) is 4.91 Å². The van der Waals surface area contributed by atoms with Gasteiger partial charge in [0, 0.05) is 24.1 Å². The van der Waals surface area contributed by atoms with Gasteiger partial charge in [-0.25, -0.2) is 0 Å². The maximum absolute atomic E-state index is 12.7. The Kier molecular flexibility index (Phi) is 4.50. The van der Waals surface area contributed by atoms with E-state index in [2.05, 4.69) is 5.29 Å². The third-order valence-electron chi connectivity index (χ3n) is 3.33. The van der Waals surface area contributed by atoms with Crippen molar-refractivity contribution in [2.75, 3.05) is 13.5 Å². The highest BCUT2D eigenvalue weighted by molar-refractivity contribution is 5.30. The quantitative estimate of drug-likeness (QED) is 0.535. The molecule has 0 spiro atoms. The lowest BCUT2D eigenvalue weighted by molar-refractivity contribution is -0.137. The van der Waals surface area contributed by atoms with Gasteiger partial charge in [-0.15, -0.1) is 4.91 Å². The zero-order chi connectivity index (χ0) is 20.1. The van der Waals surface area contributed by atoms with Crippen molar-refractivity contribution in [3.8, 4) is 5.75 Å². The number of ether oxygens (including phenoxy) is 1. The van der Waals surface area contributed by atoms with E-state index in [-0.39, 0.29) is 18.7 Å². The normalized spacial score (nSPS) is 14.9. The van der Waals surface area contributed by atoms with Crippen LogP contribution in [0.1, 0.15) is 27.8 Å². The van der Waals surface area contributed by atoms with E-state index >= 15 is 0 Å². The average molecular weight is 341 g/mol. The van der Waals surface area contributed by atoms with Crippen LogP contribution in [0.2, 0.25) is 0 Å². The van der Waals surface area contributed by atoms with Gasteiger partial charge in [-0.05, 0) is 29.8 Å². The molecule has 24 heavy (non-hydrogen) atoms. The first-order valence-electron chi connectivity index (χ1n) is 8.61. The Morgan fingerprint density at radius 2 is 1.83 bits per heavy atom. The molecular formula is C17H17F3N2O2. The smallest absolute Gasteiger partial charge is 0.416 e. The summed E-state index contributed by atoms with van der Waals surface area (Å²) in [5.74, 6) is 0.191. The minimum Gasteiger partial charge on any atom is -0.486 e. The van der Waals surface area contributed by atoms with E-state index in [1.165, 1.54) is 12.1 Å². The number of hydrogen-bond acceptors (Lipinski definition) is 3. The second-order valence-corrected chi connectivity index (χ2v) is 5.03. The van der Waals surface area contributed by atoms with Crippen LogP contribution in [0.15, 0.2) is 59.9 Å². The minimum absolute atomic E-state index is 0.0924. The molecule has 2 aromatic carbocycles. The molecule has 0 aliphatic rings. The third kappa shape index (κ3) is 4.97. The molecule has 0 aromatic heterocycles. The van der Waals surface area contributed by atoms with Crippen molar-refractivity contribution in [1.82, 2.24) is 5.01 Å². The summed E-state index contributed by atoms with van der Waals surface area (Å²) in [5.41, 5.74) is -0.112. The second-order valence-electron chi connectivity index (χ2n) is 5.03. The van der Waals surface area contributed by atoms with Gasteiger partial charge in [0.05, 0.1) is 10.8 Å². The van der Waals surface area contributed by atoms with Crippen LogP contribution in [-0.2, 0) is 6.18 Å². The van der Waals surface area contributed by atoms with Crippen molar-refractivity contribution in [2.45, 2.75) is 18.7 Å². The lowest BCUT2D eigenvalue weighted by atomic mass is 10.1. The van der Waals surface area contributed by atoms with Crippen molar-refractivity contribution in [3.05, 3.63) is 70.6 Å². The monoisotopic (exact) mass is 341 g/mol. The molecule has 0 saturated heterocycles. The van der Waals surface area contributed by atoms with Gasteiger partial charge in [0.2, 0.25) is 0 Å². The summed E-state index contributed by atoms with van der Waals surface area (Å²) < 4.78 is 65.5. The van der Waals surface area contributed by atoms with Crippen LogP contribution >= 0.6 is 0 Å². The molecule has 1 atom stereocenters. The minimum atomic E-state index is -4.45. The molecule has 0 fully saturated rings. The van der Waals surface area contributed by atoms with Crippen molar-refractivity contribution in [2.24, 2.45) is 5.29 Å². The number of halogens is 3. The third-order valence-corrected chi connectivity index (χ3v) is 3.33. The van der Waals surface area contributed by atoms with Crippen LogP contribution in [0.4, 0.5) is 13.2 Å². The summed E-state index contributed by atoms with van der Waals surface area (Å²) in [5, 5.41) is 2.94. The molecule has 128 valence electrons. The van der Waals surface area contributed by atoms with E-state index in [0.29, 0.717) is 10.6 Å². The van der Waals surface area contributed by atoms with Crippen LogP contribution in [0.25, 0.3) is 0 Å². The predicted molar refractivity (Wildman–Crippen MR) is 84.3 cm³/mol. The molecule has 0 amide bonds. The molecule has 0 saturated carbocycles. The number of rotatable bonds is 7. The van der Waals surface area contributed by atoms with Gasteiger partial charge in [0.1, 0.15) is 11.9 Å². The average Bonchev–Trinajstić information content (AvgIpc) is 2.60. The van der Waals surface area contributed by atoms with Gasteiger partial charge in [-0.3, -0.25) is 5.01 Å². The van der Waals surface area contributed by atoms with E-state index in [4.69, 9.17) is 8.85 Å². The number of nitrogens with zero attached hydrogens (tertiary/aromatic N) is 2. The molecule has 2 rings (SSSR count). The summed E-state index contributed by atoms with van der Waals surface area (Å²) >= 11 is 0. The Morgan fingerprint density at radius 1 is 1.17 bits per heavy atom. The SMILES string of the molecule is [2H]C([2H])([2H])N(CCC(Oc1ccc(C(F)(F)F)cc1)c1ccccc1)N=O. The Hall–Kier alpha value is -2.57. The van der Waals surface area contributed by atoms with E-state index in [0.717, 1.165) is 12.1 Å². The molecule has 0 radical (unpaired) electrons. The molecular weight excluding hydrogens is 321 g/mol. The highest BCUT2D eigenvalue weighted by atomic mass is 19.4. The Morgan fingerprint density at radius 3 is 2.38 bits per heavy atom.